The number of ether oxygens (including phenoxy) is 1. The minimum Gasteiger partial charge on any atom is -0.491 e. The summed E-state index contributed by atoms with van der Waals surface area (Å²) in [6.45, 7) is 4.07. The van der Waals surface area contributed by atoms with Gasteiger partial charge in [-0.15, -0.1) is 0 Å². The number of carbonyl (C=O) groups excluding carboxylic acids is 1. The average Bonchev–Trinajstić information content (AvgIpc) is 3.04. The molecule has 2 aromatic carbocycles. The SMILES string of the molecule is CC(=O)c1ccccc1OCCN1CCCC1c1ccc(Cl)cc1. The van der Waals surface area contributed by atoms with Gasteiger partial charge >= 0.3 is 0 Å². The smallest absolute Gasteiger partial charge is 0.163 e. The number of likely N-dealkylation sites (tertiary alicyclic amines) is 1. The number of benzene rings is 2. The van der Waals surface area contributed by atoms with E-state index >= 15 is 0 Å². The summed E-state index contributed by atoms with van der Waals surface area (Å²) in [6, 6.07) is 16.0. The molecule has 0 bridgehead atoms. The molecule has 24 heavy (non-hydrogen) atoms. The van der Waals surface area contributed by atoms with E-state index in [0.29, 0.717) is 24.0 Å². The van der Waals surface area contributed by atoms with Crippen LogP contribution >= 0.6 is 11.6 Å². The van der Waals surface area contributed by atoms with Gasteiger partial charge in [-0.2, -0.15) is 0 Å². The lowest BCUT2D eigenvalue weighted by Crippen LogP contribution is -2.28. The van der Waals surface area contributed by atoms with Crippen LogP contribution in [0.15, 0.2) is 48.5 Å². The summed E-state index contributed by atoms with van der Waals surface area (Å²) in [7, 11) is 0. The highest BCUT2D eigenvalue weighted by molar-refractivity contribution is 6.30. The first-order valence-corrected chi connectivity index (χ1v) is 8.75. The highest BCUT2D eigenvalue weighted by Crippen LogP contribution is 2.32. The van der Waals surface area contributed by atoms with E-state index in [-0.39, 0.29) is 5.78 Å². The van der Waals surface area contributed by atoms with Crippen LogP contribution in [0.25, 0.3) is 0 Å². The predicted octanol–water partition coefficient (Wildman–Crippen LogP) is 4.76. The highest BCUT2D eigenvalue weighted by atomic mass is 35.5. The Morgan fingerprint density at radius 2 is 1.96 bits per heavy atom. The van der Waals surface area contributed by atoms with Crippen LogP contribution in [0.3, 0.4) is 0 Å². The Hall–Kier alpha value is -1.84. The van der Waals surface area contributed by atoms with E-state index < -0.39 is 0 Å². The molecular weight excluding hydrogens is 322 g/mol. The number of hydrogen-bond acceptors (Lipinski definition) is 3. The van der Waals surface area contributed by atoms with Crippen molar-refractivity contribution < 1.29 is 9.53 Å². The molecule has 0 amide bonds. The Morgan fingerprint density at radius 1 is 1.21 bits per heavy atom. The molecule has 1 atom stereocenters. The fraction of sp³-hybridized carbons (Fsp3) is 0.350. The Balaban J connectivity index is 1.60. The third-order valence-corrected chi connectivity index (χ3v) is 4.77. The zero-order valence-corrected chi connectivity index (χ0v) is 14.6. The topological polar surface area (TPSA) is 29.5 Å². The molecule has 126 valence electrons. The van der Waals surface area contributed by atoms with Crippen LogP contribution in [0.4, 0.5) is 0 Å². The van der Waals surface area contributed by atoms with Crippen molar-refractivity contribution >= 4 is 17.4 Å². The molecule has 4 heteroatoms. The maximum Gasteiger partial charge on any atom is 0.163 e. The lowest BCUT2D eigenvalue weighted by atomic mass is 10.0. The zero-order valence-electron chi connectivity index (χ0n) is 13.9. The lowest BCUT2D eigenvalue weighted by Gasteiger charge is -2.25. The van der Waals surface area contributed by atoms with Gasteiger partial charge in [-0.1, -0.05) is 35.9 Å². The van der Waals surface area contributed by atoms with E-state index in [0.717, 1.165) is 24.5 Å². The first-order chi connectivity index (χ1) is 11.6. The van der Waals surface area contributed by atoms with Crippen LogP contribution in [0.2, 0.25) is 5.02 Å². The third-order valence-electron chi connectivity index (χ3n) is 4.52. The van der Waals surface area contributed by atoms with E-state index in [2.05, 4.69) is 17.0 Å². The van der Waals surface area contributed by atoms with Gasteiger partial charge in [-0.3, -0.25) is 9.69 Å². The van der Waals surface area contributed by atoms with E-state index in [1.54, 1.807) is 6.92 Å². The largest absolute Gasteiger partial charge is 0.491 e. The Bertz CT molecular complexity index is 699. The van der Waals surface area contributed by atoms with Crippen molar-refractivity contribution in [1.82, 2.24) is 4.90 Å². The van der Waals surface area contributed by atoms with E-state index in [1.165, 1.54) is 12.0 Å². The minimum atomic E-state index is 0.0332. The Morgan fingerprint density at radius 3 is 2.71 bits per heavy atom. The van der Waals surface area contributed by atoms with E-state index in [1.807, 2.05) is 36.4 Å². The van der Waals surface area contributed by atoms with Gasteiger partial charge in [0.2, 0.25) is 0 Å². The van der Waals surface area contributed by atoms with Gasteiger partial charge in [0.1, 0.15) is 12.4 Å². The third kappa shape index (κ3) is 3.97. The number of carbonyl (C=O) groups is 1. The van der Waals surface area contributed by atoms with Crippen LogP contribution in [0, 0.1) is 0 Å². The molecule has 3 rings (SSSR count). The molecule has 0 radical (unpaired) electrons. The summed E-state index contributed by atoms with van der Waals surface area (Å²) in [5.41, 5.74) is 1.95. The van der Waals surface area contributed by atoms with Crippen LogP contribution < -0.4 is 4.74 Å². The molecule has 2 aromatic rings. The maximum atomic E-state index is 11.6. The van der Waals surface area contributed by atoms with Crippen molar-refractivity contribution in [3.63, 3.8) is 0 Å². The van der Waals surface area contributed by atoms with Crippen molar-refractivity contribution in [3.05, 3.63) is 64.7 Å². The van der Waals surface area contributed by atoms with Gasteiger partial charge in [0.15, 0.2) is 5.78 Å². The van der Waals surface area contributed by atoms with Crippen molar-refractivity contribution in [2.75, 3.05) is 19.7 Å². The summed E-state index contributed by atoms with van der Waals surface area (Å²) in [6.07, 6.45) is 2.35. The second kappa shape index (κ2) is 7.82. The quantitative estimate of drug-likeness (QED) is 0.708. The van der Waals surface area contributed by atoms with Crippen molar-refractivity contribution in [2.45, 2.75) is 25.8 Å². The number of para-hydroxylation sites is 1. The second-order valence-corrected chi connectivity index (χ2v) is 6.58. The first-order valence-electron chi connectivity index (χ1n) is 8.37. The number of Topliss-reactive ketones (excluding diaryl/α,β-unsaturated/α-hetero) is 1. The average molecular weight is 344 g/mol. The van der Waals surface area contributed by atoms with Crippen LogP contribution in [-0.2, 0) is 0 Å². The molecule has 0 aromatic heterocycles. The molecule has 3 nitrogen and oxygen atoms in total. The van der Waals surface area contributed by atoms with Gasteiger partial charge in [0.25, 0.3) is 0 Å². The normalized spacial score (nSPS) is 17.8. The predicted molar refractivity (Wildman–Crippen MR) is 96.9 cm³/mol. The molecule has 1 saturated heterocycles. The molecule has 1 aliphatic heterocycles. The fourth-order valence-electron chi connectivity index (χ4n) is 3.31. The second-order valence-electron chi connectivity index (χ2n) is 6.15. The Labute approximate surface area is 148 Å². The number of rotatable bonds is 6. The first kappa shape index (κ1) is 17.0. The summed E-state index contributed by atoms with van der Waals surface area (Å²) in [5.74, 6) is 0.707. The molecule has 0 saturated carbocycles. The molecule has 1 heterocycles. The molecular formula is C20H22ClNO2. The van der Waals surface area contributed by atoms with Gasteiger partial charge in [-0.05, 0) is 56.1 Å². The standard InChI is InChI=1S/C20H22ClNO2/c1-15(23)18-5-2-3-7-20(18)24-14-13-22-12-4-6-19(22)16-8-10-17(21)11-9-16/h2-3,5,7-11,19H,4,6,12-14H2,1H3. The van der Waals surface area contributed by atoms with E-state index in [9.17, 15) is 4.79 Å². The zero-order chi connectivity index (χ0) is 16.9. The summed E-state index contributed by atoms with van der Waals surface area (Å²) < 4.78 is 5.88. The minimum absolute atomic E-state index is 0.0332. The monoisotopic (exact) mass is 343 g/mol. The van der Waals surface area contributed by atoms with Crippen LogP contribution in [-0.4, -0.2) is 30.4 Å². The number of nitrogens with zero attached hydrogens (tertiary/aromatic N) is 1. The molecule has 0 N–H and O–H groups in total. The van der Waals surface area contributed by atoms with Crippen molar-refractivity contribution in [3.8, 4) is 5.75 Å². The molecule has 1 aliphatic rings. The summed E-state index contributed by atoms with van der Waals surface area (Å²) in [4.78, 5) is 14.1. The van der Waals surface area contributed by atoms with Crippen molar-refractivity contribution in [2.24, 2.45) is 0 Å². The summed E-state index contributed by atoms with van der Waals surface area (Å²) >= 11 is 5.99. The molecule has 1 fully saturated rings. The number of hydrogen-bond donors (Lipinski definition) is 0. The number of ketones is 1. The van der Waals surface area contributed by atoms with E-state index in [4.69, 9.17) is 16.3 Å². The lowest BCUT2D eigenvalue weighted by molar-refractivity contribution is 0.101. The van der Waals surface area contributed by atoms with Gasteiger partial charge in [-0.25, -0.2) is 0 Å². The van der Waals surface area contributed by atoms with Crippen LogP contribution in [0.1, 0.15) is 41.7 Å². The number of halogens is 1. The van der Waals surface area contributed by atoms with Crippen molar-refractivity contribution in [1.29, 1.82) is 0 Å². The van der Waals surface area contributed by atoms with Gasteiger partial charge < -0.3 is 4.74 Å². The van der Waals surface area contributed by atoms with Gasteiger partial charge in [0, 0.05) is 17.6 Å². The maximum absolute atomic E-state index is 11.6. The van der Waals surface area contributed by atoms with Crippen LogP contribution in [0.5, 0.6) is 5.75 Å². The summed E-state index contributed by atoms with van der Waals surface area (Å²) in [5, 5.41) is 0.771. The fourth-order valence-corrected chi connectivity index (χ4v) is 3.44. The molecule has 0 spiro atoms. The molecule has 0 aliphatic carbocycles. The molecule has 1 unspecified atom stereocenters. The highest BCUT2D eigenvalue weighted by Gasteiger charge is 2.25. The Kier molecular flexibility index (Phi) is 5.54. The van der Waals surface area contributed by atoms with Gasteiger partial charge in [0.05, 0.1) is 5.56 Å².